The van der Waals surface area contributed by atoms with Crippen LogP contribution in [-0.2, 0) is 4.74 Å². The molecule has 1 aromatic heterocycles. The molecule has 0 aliphatic carbocycles. The summed E-state index contributed by atoms with van der Waals surface area (Å²) in [6, 6.07) is 3.88. The Labute approximate surface area is 95.9 Å². The van der Waals surface area contributed by atoms with Crippen molar-refractivity contribution in [3.05, 3.63) is 24.0 Å². The van der Waals surface area contributed by atoms with Crippen LogP contribution in [0.4, 0.5) is 5.69 Å². The van der Waals surface area contributed by atoms with E-state index in [1.165, 1.54) is 0 Å². The fraction of sp³-hybridized carbons (Fsp3) is 0.583. The summed E-state index contributed by atoms with van der Waals surface area (Å²) in [5.41, 5.74) is 1.81. The third-order valence-corrected chi connectivity index (χ3v) is 3.04. The first-order valence-electron chi connectivity index (χ1n) is 5.62. The number of aliphatic hydroxyl groups excluding tert-OH is 1. The number of ether oxygens (including phenoxy) is 1. The van der Waals surface area contributed by atoms with Crippen molar-refractivity contribution >= 4 is 5.69 Å². The van der Waals surface area contributed by atoms with Gasteiger partial charge in [-0.1, -0.05) is 0 Å². The van der Waals surface area contributed by atoms with Crippen LogP contribution in [0.5, 0.6) is 0 Å². The number of hydrogen-bond donors (Lipinski definition) is 1. The average molecular weight is 222 g/mol. The van der Waals surface area contributed by atoms with Crippen molar-refractivity contribution in [2.24, 2.45) is 0 Å². The largest absolute Gasteiger partial charge is 0.387 e. The number of aromatic nitrogens is 1. The number of rotatable bonds is 3. The highest BCUT2D eigenvalue weighted by Crippen LogP contribution is 2.21. The second-order valence-corrected chi connectivity index (χ2v) is 4.21. The van der Waals surface area contributed by atoms with Crippen LogP contribution in [0.2, 0.25) is 0 Å². The fourth-order valence-electron chi connectivity index (χ4n) is 1.99. The second kappa shape index (κ2) is 4.80. The lowest BCUT2D eigenvalue weighted by Crippen LogP contribution is -2.22. The molecule has 4 nitrogen and oxygen atoms in total. The fourth-order valence-corrected chi connectivity index (χ4v) is 1.99. The van der Waals surface area contributed by atoms with E-state index in [0.29, 0.717) is 11.8 Å². The molecule has 0 amide bonds. The SMILES string of the molecule is COC1CCN(c2ccc([C@@H](C)O)nc2)C1. The predicted molar refractivity (Wildman–Crippen MR) is 62.5 cm³/mol. The van der Waals surface area contributed by atoms with Gasteiger partial charge in [-0.2, -0.15) is 0 Å². The van der Waals surface area contributed by atoms with Crippen LogP contribution in [0.25, 0.3) is 0 Å². The van der Waals surface area contributed by atoms with Crippen LogP contribution in [0, 0.1) is 0 Å². The molecule has 16 heavy (non-hydrogen) atoms. The molecular weight excluding hydrogens is 204 g/mol. The molecule has 1 N–H and O–H groups in total. The van der Waals surface area contributed by atoms with Crippen molar-refractivity contribution in [3.63, 3.8) is 0 Å². The van der Waals surface area contributed by atoms with Gasteiger partial charge in [-0.3, -0.25) is 4.98 Å². The van der Waals surface area contributed by atoms with E-state index in [1.54, 1.807) is 14.0 Å². The number of aliphatic hydroxyl groups is 1. The number of pyridine rings is 1. The Morgan fingerprint density at radius 3 is 2.88 bits per heavy atom. The van der Waals surface area contributed by atoms with Gasteiger partial charge in [-0.05, 0) is 25.5 Å². The van der Waals surface area contributed by atoms with Crippen LogP contribution in [0.1, 0.15) is 25.1 Å². The Morgan fingerprint density at radius 2 is 2.38 bits per heavy atom. The van der Waals surface area contributed by atoms with Crippen molar-refractivity contribution in [2.45, 2.75) is 25.6 Å². The molecule has 88 valence electrons. The molecular formula is C12H18N2O2. The highest BCUT2D eigenvalue weighted by Gasteiger charge is 2.22. The minimum Gasteiger partial charge on any atom is -0.387 e. The summed E-state index contributed by atoms with van der Waals surface area (Å²) in [6.07, 6.45) is 2.71. The topological polar surface area (TPSA) is 45.6 Å². The summed E-state index contributed by atoms with van der Waals surface area (Å²) in [4.78, 5) is 6.50. The lowest BCUT2D eigenvalue weighted by molar-refractivity contribution is 0.121. The monoisotopic (exact) mass is 222 g/mol. The summed E-state index contributed by atoms with van der Waals surface area (Å²) in [5, 5.41) is 9.36. The first kappa shape index (κ1) is 11.4. The van der Waals surface area contributed by atoms with E-state index in [0.717, 1.165) is 25.2 Å². The van der Waals surface area contributed by atoms with Gasteiger partial charge in [0.2, 0.25) is 0 Å². The molecule has 1 aliphatic rings. The molecule has 2 rings (SSSR count). The maximum atomic E-state index is 9.36. The Morgan fingerprint density at radius 1 is 1.56 bits per heavy atom. The van der Waals surface area contributed by atoms with Crippen molar-refractivity contribution in [2.75, 3.05) is 25.1 Å². The minimum atomic E-state index is -0.501. The first-order valence-corrected chi connectivity index (χ1v) is 5.62. The van der Waals surface area contributed by atoms with Crippen LogP contribution >= 0.6 is 0 Å². The molecule has 1 aliphatic heterocycles. The number of methoxy groups -OCH3 is 1. The summed E-state index contributed by atoms with van der Waals surface area (Å²) in [5.74, 6) is 0. The predicted octanol–water partition coefficient (Wildman–Crippen LogP) is 1.36. The zero-order chi connectivity index (χ0) is 11.5. The quantitative estimate of drug-likeness (QED) is 0.838. The van der Waals surface area contributed by atoms with Crippen molar-refractivity contribution in [3.8, 4) is 0 Å². The van der Waals surface area contributed by atoms with Gasteiger partial charge in [-0.15, -0.1) is 0 Å². The molecule has 1 aromatic rings. The van der Waals surface area contributed by atoms with Gasteiger partial charge in [0, 0.05) is 20.2 Å². The van der Waals surface area contributed by atoms with Crippen molar-refractivity contribution in [1.29, 1.82) is 0 Å². The lowest BCUT2D eigenvalue weighted by atomic mass is 10.2. The van der Waals surface area contributed by atoms with Gasteiger partial charge >= 0.3 is 0 Å². The van der Waals surface area contributed by atoms with Gasteiger partial charge in [0.05, 0.1) is 29.8 Å². The lowest BCUT2D eigenvalue weighted by Gasteiger charge is -2.18. The summed E-state index contributed by atoms with van der Waals surface area (Å²) in [7, 11) is 1.75. The van der Waals surface area contributed by atoms with Gasteiger partial charge in [0.1, 0.15) is 0 Å². The maximum Gasteiger partial charge on any atom is 0.0931 e. The zero-order valence-electron chi connectivity index (χ0n) is 9.76. The standard InChI is InChI=1S/C12H18N2O2/c1-9(15)12-4-3-10(7-13-12)14-6-5-11(8-14)16-2/h3-4,7,9,11,15H,5-6,8H2,1-2H3/t9-,11?/m1/s1. The molecule has 4 heteroatoms. The Bertz CT molecular complexity index is 337. The van der Waals surface area contributed by atoms with Crippen LogP contribution in [0.3, 0.4) is 0 Å². The van der Waals surface area contributed by atoms with Crippen LogP contribution in [-0.4, -0.2) is 36.4 Å². The van der Waals surface area contributed by atoms with Crippen molar-refractivity contribution < 1.29 is 9.84 Å². The molecule has 1 saturated heterocycles. The maximum absolute atomic E-state index is 9.36. The minimum absolute atomic E-state index is 0.330. The van der Waals surface area contributed by atoms with E-state index in [9.17, 15) is 5.11 Å². The van der Waals surface area contributed by atoms with E-state index in [2.05, 4.69) is 9.88 Å². The van der Waals surface area contributed by atoms with Crippen LogP contribution in [0.15, 0.2) is 18.3 Å². The van der Waals surface area contributed by atoms with E-state index >= 15 is 0 Å². The van der Waals surface area contributed by atoms with E-state index in [1.807, 2.05) is 18.3 Å². The highest BCUT2D eigenvalue weighted by molar-refractivity contribution is 5.45. The van der Waals surface area contributed by atoms with Gasteiger partial charge < -0.3 is 14.7 Å². The van der Waals surface area contributed by atoms with E-state index in [4.69, 9.17) is 4.74 Å². The van der Waals surface area contributed by atoms with Gasteiger partial charge in [0.25, 0.3) is 0 Å². The molecule has 2 atom stereocenters. The molecule has 0 spiro atoms. The molecule has 0 aromatic carbocycles. The number of anilines is 1. The van der Waals surface area contributed by atoms with Crippen LogP contribution < -0.4 is 4.90 Å². The normalized spacial score (nSPS) is 22.4. The molecule has 1 fully saturated rings. The van der Waals surface area contributed by atoms with E-state index in [-0.39, 0.29) is 0 Å². The Balaban J connectivity index is 2.05. The number of nitrogens with zero attached hydrogens (tertiary/aromatic N) is 2. The zero-order valence-corrected chi connectivity index (χ0v) is 9.76. The Kier molecular flexibility index (Phi) is 3.41. The Hall–Kier alpha value is -1.13. The molecule has 2 heterocycles. The summed E-state index contributed by atoms with van der Waals surface area (Å²) >= 11 is 0. The molecule has 0 bridgehead atoms. The second-order valence-electron chi connectivity index (χ2n) is 4.21. The first-order chi connectivity index (χ1) is 7.70. The van der Waals surface area contributed by atoms with E-state index < -0.39 is 6.10 Å². The summed E-state index contributed by atoms with van der Waals surface area (Å²) < 4.78 is 5.32. The van der Waals surface area contributed by atoms with Gasteiger partial charge in [-0.25, -0.2) is 0 Å². The smallest absolute Gasteiger partial charge is 0.0931 e. The molecule has 1 unspecified atom stereocenters. The molecule has 0 saturated carbocycles. The van der Waals surface area contributed by atoms with Crippen molar-refractivity contribution in [1.82, 2.24) is 4.98 Å². The highest BCUT2D eigenvalue weighted by atomic mass is 16.5. The van der Waals surface area contributed by atoms with Gasteiger partial charge in [0.15, 0.2) is 0 Å². The number of hydrogen-bond acceptors (Lipinski definition) is 4. The molecule has 0 radical (unpaired) electrons. The third kappa shape index (κ3) is 2.33. The average Bonchev–Trinajstić information content (AvgIpc) is 2.77. The third-order valence-electron chi connectivity index (χ3n) is 3.04. The summed E-state index contributed by atoms with van der Waals surface area (Å²) in [6.45, 7) is 3.65.